The summed E-state index contributed by atoms with van der Waals surface area (Å²) in [5.74, 6) is 0.195. The Kier molecular flexibility index (Phi) is 3.13. The third-order valence-corrected chi connectivity index (χ3v) is 4.08. The summed E-state index contributed by atoms with van der Waals surface area (Å²) in [6.07, 6.45) is 5.58. The van der Waals surface area contributed by atoms with E-state index in [1.54, 1.807) is 24.7 Å². The predicted molar refractivity (Wildman–Crippen MR) is 87.4 cm³/mol. The Labute approximate surface area is 136 Å². The average Bonchev–Trinajstić information content (AvgIpc) is 3.17. The summed E-state index contributed by atoms with van der Waals surface area (Å²) >= 11 is 0. The molecule has 118 valence electrons. The fourth-order valence-electron chi connectivity index (χ4n) is 2.63. The Hall–Kier alpha value is -3.47. The van der Waals surface area contributed by atoms with Gasteiger partial charge in [0, 0.05) is 23.3 Å². The van der Waals surface area contributed by atoms with Crippen LogP contribution in [0.15, 0.2) is 30.7 Å². The maximum atomic E-state index is 12.0. The topological polar surface area (TPSA) is 133 Å². The molecule has 1 aliphatic carbocycles. The SMILES string of the molecule is N#C[C@H]1C[C@@H]1C(=O)Nc1cc2cc(-c3cn[nH]c3)nc(N)c2cn1. The summed E-state index contributed by atoms with van der Waals surface area (Å²) in [6, 6.07) is 5.71. The molecule has 0 spiro atoms. The van der Waals surface area contributed by atoms with Crippen molar-refractivity contribution in [1.82, 2.24) is 20.2 Å². The lowest BCUT2D eigenvalue weighted by Gasteiger charge is -2.08. The van der Waals surface area contributed by atoms with E-state index in [0.29, 0.717) is 29.1 Å². The van der Waals surface area contributed by atoms with Gasteiger partial charge in [0.15, 0.2) is 0 Å². The molecule has 0 aromatic carbocycles. The van der Waals surface area contributed by atoms with E-state index >= 15 is 0 Å². The van der Waals surface area contributed by atoms with Crippen LogP contribution in [0.25, 0.3) is 22.0 Å². The second kappa shape index (κ2) is 5.31. The molecule has 1 amide bonds. The van der Waals surface area contributed by atoms with Crippen molar-refractivity contribution in [3.05, 3.63) is 30.7 Å². The third kappa shape index (κ3) is 2.42. The highest BCUT2D eigenvalue weighted by Crippen LogP contribution is 2.38. The van der Waals surface area contributed by atoms with Gasteiger partial charge in [-0.2, -0.15) is 10.4 Å². The van der Waals surface area contributed by atoms with Gasteiger partial charge in [-0.3, -0.25) is 9.89 Å². The zero-order valence-corrected chi connectivity index (χ0v) is 12.5. The molecule has 1 fully saturated rings. The highest BCUT2D eigenvalue weighted by molar-refractivity contribution is 5.98. The van der Waals surface area contributed by atoms with E-state index in [1.807, 2.05) is 6.07 Å². The van der Waals surface area contributed by atoms with Gasteiger partial charge >= 0.3 is 0 Å². The van der Waals surface area contributed by atoms with Crippen molar-refractivity contribution < 1.29 is 4.79 Å². The summed E-state index contributed by atoms with van der Waals surface area (Å²) in [7, 11) is 0. The number of carbonyl (C=O) groups is 1. The number of rotatable bonds is 3. The van der Waals surface area contributed by atoms with Gasteiger partial charge in [0.05, 0.1) is 29.8 Å². The minimum Gasteiger partial charge on any atom is -0.383 e. The number of nitrogens with one attached hydrogen (secondary N) is 2. The highest BCUT2D eigenvalue weighted by Gasteiger charge is 2.43. The van der Waals surface area contributed by atoms with Crippen LogP contribution in [0.3, 0.4) is 0 Å². The summed E-state index contributed by atoms with van der Waals surface area (Å²) < 4.78 is 0. The van der Waals surface area contributed by atoms with Gasteiger partial charge in [0.25, 0.3) is 0 Å². The van der Waals surface area contributed by atoms with E-state index in [0.717, 1.165) is 10.9 Å². The normalized spacial score (nSPS) is 19.0. The first-order chi connectivity index (χ1) is 11.7. The molecule has 2 atom stereocenters. The number of aromatic amines is 1. The first kappa shape index (κ1) is 14.1. The third-order valence-electron chi connectivity index (χ3n) is 4.08. The molecule has 24 heavy (non-hydrogen) atoms. The minimum atomic E-state index is -0.239. The molecule has 3 aromatic rings. The first-order valence-electron chi connectivity index (χ1n) is 7.41. The van der Waals surface area contributed by atoms with Gasteiger partial charge in [0.2, 0.25) is 5.91 Å². The lowest BCUT2D eigenvalue weighted by Crippen LogP contribution is -2.15. The van der Waals surface area contributed by atoms with Crippen molar-refractivity contribution >= 4 is 28.3 Å². The van der Waals surface area contributed by atoms with Crippen LogP contribution >= 0.6 is 0 Å². The maximum Gasteiger partial charge on any atom is 0.230 e. The molecule has 8 heteroatoms. The van der Waals surface area contributed by atoms with Crippen LogP contribution in [-0.4, -0.2) is 26.1 Å². The number of nitriles is 1. The molecule has 0 radical (unpaired) electrons. The number of nitrogens with zero attached hydrogens (tertiary/aromatic N) is 4. The molecular formula is C16H13N7O. The molecule has 3 aromatic heterocycles. The number of hydrogen-bond acceptors (Lipinski definition) is 6. The largest absolute Gasteiger partial charge is 0.383 e. The van der Waals surface area contributed by atoms with Crippen LogP contribution < -0.4 is 11.1 Å². The molecule has 0 unspecified atom stereocenters. The molecule has 1 saturated carbocycles. The quantitative estimate of drug-likeness (QED) is 0.672. The smallest absolute Gasteiger partial charge is 0.230 e. The van der Waals surface area contributed by atoms with Crippen molar-refractivity contribution in [2.45, 2.75) is 6.42 Å². The summed E-state index contributed by atoms with van der Waals surface area (Å²) in [4.78, 5) is 20.6. The van der Waals surface area contributed by atoms with Gasteiger partial charge in [-0.05, 0) is 23.9 Å². The second-order valence-corrected chi connectivity index (χ2v) is 5.74. The average molecular weight is 319 g/mol. The standard InChI is InChI=1S/C16H13N7O/c17-4-9-1-11(9)16(24)23-14-3-8-2-13(10-5-20-21-6-10)22-15(18)12(8)7-19-14/h2-3,5-7,9,11H,1H2,(H2,18,22)(H,20,21)(H,19,23,24)/t9-,11+/m1/s1. The number of aromatic nitrogens is 4. The number of anilines is 2. The fourth-order valence-corrected chi connectivity index (χ4v) is 2.63. The van der Waals surface area contributed by atoms with Crippen LogP contribution in [-0.2, 0) is 4.79 Å². The second-order valence-electron chi connectivity index (χ2n) is 5.74. The number of nitrogens with two attached hydrogens (primary N) is 1. The van der Waals surface area contributed by atoms with Gasteiger partial charge in [-0.1, -0.05) is 0 Å². The lowest BCUT2D eigenvalue weighted by molar-refractivity contribution is -0.117. The Morgan fingerprint density at radius 1 is 1.42 bits per heavy atom. The zero-order valence-electron chi connectivity index (χ0n) is 12.5. The van der Waals surface area contributed by atoms with Crippen LogP contribution in [0.1, 0.15) is 6.42 Å². The molecule has 8 nitrogen and oxygen atoms in total. The number of carbonyl (C=O) groups excluding carboxylic acids is 1. The van der Waals surface area contributed by atoms with Gasteiger partial charge in [-0.25, -0.2) is 9.97 Å². The molecule has 0 bridgehead atoms. The van der Waals surface area contributed by atoms with E-state index in [4.69, 9.17) is 11.0 Å². The van der Waals surface area contributed by atoms with Gasteiger partial charge in [-0.15, -0.1) is 0 Å². The summed E-state index contributed by atoms with van der Waals surface area (Å²) in [6.45, 7) is 0. The Morgan fingerprint density at radius 2 is 2.29 bits per heavy atom. The summed E-state index contributed by atoms with van der Waals surface area (Å²) in [5.41, 5.74) is 7.51. The monoisotopic (exact) mass is 319 g/mol. The van der Waals surface area contributed by atoms with E-state index in [1.165, 1.54) is 0 Å². The molecule has 1 aliphatic rings. The molecule has 0 aliphatic heterocycles. The molecule has 0 saturated heterocycles. The Bertz CT molecular complexity index is 974. The Morgan fingerprint density at radius 3 is 3.00 bits per heavy atom. The van der Waals surface area contributed by atoms with Gasteiger partial charge < -0.3 is 11.1 Å². The molecule has 4 N–H and O–H groups in total. The van der Waals surface area contributed by atoms with Crippen LogP contribution in [0.4, 0.5) is 11.6 Å². The number of fused-ring (bicyclic) bond motifs is 1. The van der Waals surface area contributed by atoms with Crippen LogP contribution in [0, 0.1) is 23.2 Å². The fraction of sp³-hybridized carbons (Fsp3) is 0.188. The first-order valence-corrected chi connectivity index (χ1v) is 7.41. The molecule has 4 rings (SSSR count). The van der Waals surface area contributed by atoms with Crippen molar-refractivity contribution in [2.75, 3.05) is 11.1 Å². The van der Waals surface area contributed by atoms with Crippen LogP contribution in [0.2, 0.25) is 0 Å². The van der Waals surface area contributed by atoms with Crippen molar-refractivity contribution in [3.8, 4) is 17.3 Å². The zero-order chi connectivity index (χ0) is 16.7. The number of amides is 1. The lowest BCUT2D eigenvalue weighted by atomic mass is 10.1. The number of H-pyrrole nitrogens is 1. The van der Waals surface area contributed by atoms with E-state index in [2.05, 4.69) is 31.6 Å². The molecular weight excluding hydrogens is 306 g/mol. The van der Waals surface area contributed by atoms with Crippen molar-refractivity contribution in [1.29, 1.82) is 5.26 Å². The van der Waals surface area contributed by atoms with Gasteiger partial charge in [0.1, 0.15) is 11.6 Å². The maximum absolute atomic E-state index is 12.0. The van der Waals surface area contributed by atoms with E-state index in [9.17, 15) is 4.79 Å². The minimum absolute atomic E-state index is 0.175. The van der Waals surface area contributed by atoms with Crippen molar-refractivity contribution in [2.24, 2.45) is 11.8 Å². The highest BCUT2D eigenvalue weighted by atomic mass is 16.2. The van der Waals surface area contributed by atoms with Crippen LogP contribution in [0.5, 0.6) is 0 Å². The Balaban J connectivity index is 1.67. The van der Waals surface area contributed by atoms with Crippen molar-refractivity contribution in [3.63, 3.8) is 0 Å². The van der Waals surface area contributed by atoms with E-state index < -0.39 is 0 Å². The number of pyridine rings is 2. The van der Waals surface area contributed by atoms with E-state index in [-0.39, 0.29) is 17.7 Å². The number of nitrogen functional groups attached to an aromatic ring is 1. The summed E-state index contributed by atoms with van der Waals surface area (Å²) in [5, 5.41) is 19.7. The molecule has 3 heterocycles. The predicted octanol–water partition coefficient (Wildman–Crippen LogP) is 1.70. The number of hydrogen-bond donors (Lipinski definition) is 3.